The summed E-state index contributed by atoms with van der Waals surface area (Å²) in [6.45, 7) is 6.57. The second-order valence-electron chi connectivity index (χ2n) is 6.58. The SMILES string of the molecule is CC(=O)O[C@H]1CC[C@H]2O[C@@H]3OC(C)(C)O[C@@H]3[C@@H]2[C@H]1C(C)=O. The van der Waals surface area contributed by atoms with Crippen LogP contribution in [0.15, 0.2) is 0 Å². The lowest BCUT2D eigenvalue weighted by atomic mass is 9.72. The molecule has 6 nitrogen and oxygen atoms in total. The maximum atomic E-state index is 12.1. The molecule has 6 atom stereocenters. The van der Waals surface area contributed by atoms with Crippen molar-refractivity contribution in [3.8, 4) is 0 Å². The van der Waals surface area contributed by atoms with Gasteiger partial charge >= 0.3 is 5.97 Å². The van der Waals surface area contributed by atoms with Gasteiger partial charge in [-0.15, -0.1) is 0 Å². The fourth-order valence-electron chi connectivity index (χ4n) is 3.93. The number of esters is 1. The minimum absolute atomic E-state index is 0.00788. The quantitative estimate of drug-likeness (QED) is 0.718. The zero-order valence-corrected chi connectivity index (χ0v) is 12.8. The van der Waals surface area contributed by atoms with Crippen molar-refractivity contribution in [2.75, 3.05) is 0 Å². The standard InChI is InChI=1S/C15H22O6/c1-7(16)11-9(18-8(2)17)5-6-10-12(11)13-14(19-10)21-15(3,4)20-13/h9-14H,5-6H2,1-4H3/t9-,10+,11-,12-,13+,14+/m0/s1. The number of carbonyl (C=O) groups is 2. The number of hydrogen-bond acceptors (Lipinski definition) is 6. The number of ketones is 1. The number of hydrogen-bond donors (Lipinski definition) is 0. The maximum absolute atomic E-state index is 12.1. The molecule has 0 unspecified atom stereocenters. The van der Waals surface area contributed by atoms with Crippen molar-refractivity contribution in [3.63, 3.8) is 0 Å². The van der Waals surface area contributed by atoms with Crippen LogP contribution in [0.4, 0.5) is 0 Å². The van der Waals surface area contributed by atoms with Crippen LogP contribution in [0.1, 0.15) is 40.5 Å². The van der Waals surface area contributed by atoms with Crippen LogP contribution in [0, 0.1) is 11.8 Å². The minimum Gasteiger partial charge on any atom is -0.462 e. The molecule has 3 aliphatic rings. The highest BCUT2D eigenvalue weighted by atomic mass is 16.8. The molecule has 118 valence electrons. The van der Waals surface area contributed by atoms with E-state index >= 15 is 0 Å². The van der Waals surface area contributed by atoms with Gasteiger partial charge in [0.25, 0.3) is 0 Å². The van der Waals surface area contributed by atoms with Gasteiger partial charge in [-0.2, -0.15) is 0 Å². The summed E-state index contributed by atoms with van der Waals surface area (Å²) >= 11 is 0. The molecular weight excluding hydrogens is 276 g/mol. The third-order valence-corrected chi connectivity index (χ3v) is 4.54. The molecule has 0 aromatic heterocycles. The van der Waals surface area contributed by atoms with Crippen molar-refractivity contribution >= 4 is 11.8 Å². The number of fused-ring (bicyclic) bond motifs is 3. The number of Topliss-reactive ketones (excluding diaryl/α,β-unsaturated/α-hetero) is 1. The molecule has 0 bridgehead atoms. The van der Waals surface area contributed by atoms with Crippen molar-refractivity contribution in [1.29, 1.82) is 0 Å². The van der Waals surface area contributed by atoms with Crippen LogP contribution < -0.4 is 0 Å². The zero-order valence-electron chi connectivity index (χ0n) is 12.8. The highest BCUT2D eigenvalue weighted by molar-refractivity contribution is 5.80. The van der Waals surface area contributed by atoms with Crippen LogP contribution in [0.2, 0.25) is 0 Å². The summed E-state index contributed by atoms with van der Waals surface area (Å²) < 4.78 is 23.0. The largest absolute Gasteiger partial charge is 0.462 e. The Hall–Kier alpha value is -0.980. The van der Waals surface area contributed by atoms with Crippen LogP contribution in [0.25, 0.3) is 0 Å². The van der Waals surface area contributed by atoms with E-state index in [4.69, 9.17) is 18.9 Å². The van der Waals surface area contributed by atoms with E-state index in [-0.39, 0.29) is 35.8 Å². The highest BCUT2D eigenvalue weighted by Crippen LogP contribution is 2.49. The first-order valence-corrected chi connectivity index (χ1v) is 7.47. The van der Waals surface area contributed by atoms with Crippen molar-refractivity contribution in [3.05, 3.63) is 0 Å². The molecule has 0 N–H and O–H groups in total. The Kier molecular flexibility index (Phi) is 3.58. The van der Waals surface area contributed by atoms with Crippen LogP contribution in [0.3, 0.4) is 0 Å². The summed E-state index contributed by atoms with van der Waals surface area (Å²) in [5.74, 6) is -1.57. The summed E-state index contributed by atoms with van der Waals surface area (Å²) in [7, 11) is 0. The number of ether oxygens (including phenoxy) is 4. The van der Waals surface area contributed by atoms with Gasteiger partial charge in [0.15, 0.2) is 12.1 Å². The monoisotopic (exact) mass is 298 g/mol. The van der Waals surface area contributed by atoms with E-state index in [1.54, 1.807) is 0 Å². The first-order chi connectivity index (χ1) is 9.78. The van der Waals surface area contributed by atoms with Crippen molar-refractivity contribution in [2.45, 2.75) is 70.9 Å². The summed E-state index contributed by atoms with van der Waals surface area (Å²) in [6.07, 6.45) is 0.193. The van der Waals surface area contributed by atoms with E-state index in [0.29, 0.717) is 6.42 Å². The van der Waals surface area contributed by atoms with Gasteiger partial charge < -0.3 is 18.9 Å². The fraction of sp³-hybridized carbons (Fsp3) is 0.867. The lowest BCUT2D eigenvalue weighted by molar-refractivity contribution is -0.220. The summed E-state index contributed by atoms with van der Waals surface area (Å²) in [5, 5.41) is 0. The van der Waals surface area contributed by atoms with Crippen molar-refractivity contribution < 1.29 is 28.5 Å². The van der Waals surface area contributed by atoms with Crippen molar-refractivity contribution in [2.24, 2.45) is 11.8 Å². The molecule has 0 spiro atoms. The molecule has 2 saturated heterocycles. The molecule has 3 fully saturated rings. The molecule has 2 aliphatic heterocycles. The Bertz CT molecular complexity index is 459. The van der Waals surface area contributed by atoms with Gasteiger partial charge in [0, 0.05) is 12.8 Å². The van der Waals surface area contributed by atoms with Crippen LogP contribution in [-0.2, 0) is 28.5 Å². The average Bonchev–Trinajstić information content (AvgIpc) is 2.79. The lowest BCUT2D eigenvalue weighted by Gasteiger charge is -2.39. The number of rotatable bonds is 2. The summed E-state index contributed by atoms with van der Waals surface area (Å²) in [4.78, 5) is 23.4. The second-order valence-corrected chi connectivity index (χ2v) is 6.58. The Morgan fingerprint density at radius 3 is 2.48 bits per heavy atom. The molecule has 1 aliphatic carbocycles. The van der Waals surface area contributed by atoms with Gasteiger partial charge in [-0.05, 0) is 33.6 Å². The molecule has 2 heterocycles. The van der Waals surface area contributed by atoms with Crippen molar-refractivity contribution in [1.82, 2.24) is 0 Å². The predicted molar refractivity (Wildman–Crippen MR) is 71.1 cm³/mol. The Morgan fingerprint density at radius 1 is 1.14 bits per heavy atom. The topological polar surface area (TPSA) is 71.1 Å². The second kappa shape index (κ2) is 5.04. The van der Waals surface area contributed by atoms with E-state index in [1.165, 1.54) is 13.8 Å². The summed E-state index contributed by atoms with van der Waals surface area (Å²) in [5.41, 5.74) is 0. The fourth-order valence-corrected chi connectivity index (χ4v) is 3.93. The van der Waals surface area contributed by atoms with Crippen LogP contribution in [-0.4, -0.2) is 42.1 Å². The predicted octanol–water partition coefficient (Wildman–Crippen LogP) is 1.41. The molecular formula is C15H22O6. The van der Waals surface area contributed by atoms with E-state index in [9.17, 15) is 9.59 Å². The smallest absolute Gasteiger partial charge is 0.302 e. The molecule has 0 aromatic rings. The zero-order chi connectivity index (χ0) is 15.4. The number of carbonyl (C=O) groups excluding carboxylic acids is 2. The molecule has 0 radical (unpaired) electrons. The van der Waals surface area contributed by atoms with Crippen LogP contribution >= 0.6 is 0 Å². The molecule has 21 heavy (non-hydrogen) atoms. The van der Waals surface area contributed by atoms with Gasteiger partial charge in [-0.25, -0.2) is 0 Å². The first-order valence-electron chi connectivity index (χ1n) is 7.47. The van der Waals surface area contributed by atoms with Gasteiger partial charge in [0.1, 0.15) is 18.0 Å². The lowest BCUT2D eigenvalue weighted by Crippen LogP contribution is -2.48. The van der Waals surface area contributed by atoms with Gasteiger partial charge in [0.2, 0.25) is 0 Å². The molecule has 1 saturated carbocycles. The highest BCUT2D eigenvalue weighted by Gasteiger charge is 2.60. The summed E-state index contributed by atoms with van der Waals surface area (Å²) in [6, 6.07) is 0. The molecule has 0 aromatic carbocycles. The van der Waals surface area contributed by atoms with Gasteiger partial charge in [0.05, 0.1) is 12.0 Å². The molecule has 6 heteroatoms. The average molecular weight is 298 g/mol. The third-order valence-electron chi connectivity index (χ3n) is 4.54. The van der Waals surface area contributed by atoms with Crippen LogP contribution in [0.5, 0.6) is 0 Å². The van der Waals surface area contributed by atoms with E-state index in [2.05, 4.69) is 0 Å². The minimum atomic E-state index is -0.712. The Morgan fingerprint density at radius 2 is 1.86 bits per heavy atom. The van der Waals surface area contributed by atoms with E-state index in [0.717, 1.165) is 6.42 Å². The Labute approximate surface area is 124 Å². The van der Waals surface area contributed by atoms with Gasteiger partial charge in [-0.1, -0.05) is 0 Å². The van der Waals surface area contributed by atoms with E-state index < -0.39 is 18.2 Å². The molecule has 3 rings (SSSR count). The normalized spacial score (nSPS) is 44.0. The Balaban J connectivity index is 1.86. The maximum Gasteiger partial charge on any atom is 0.302 e. The molecule has 0 amide bonds. The first kappa shape index (κ1) is 14.9. The third kappa shape index (κ3) is 2.60. The van der Waals surface area contributed by atoms with Gasteiger partial charge in [-0.3, -0.25) is 9.59 Å². The van der Waals surface area contributed by atoms with E-state index in [1.807, 2.05) is 13.8 Å².